The van der Waals surface area contributed by atoms with Crippen molar-refractivity contribution in [3.63, 3.8) is 0 Å². The van der Waals surface area contributed by atoms with E-state index in [4.69, 9.17) is 0 Å². The van der Waals surface area contributed by atoms with Gasteiger partial charge in [-0.25, -0.2) is 0 Å². The van der Waals surface area contributed by atoms with Gasteiger partial charge in [0.2, 0.25) is 5.91 Å². The van der Waals surface area contributed by atoms with Crippen molar-refractivity contribution in [2.24, 2.45) is 0 Å². The first-order valence-electron chi connectivity index (χ1n) is 6.35. The van der Waals surface area contributed by atoms with Crippen molar-refractivity contribution in [2.75, 3.05) is 14.1 Å². The Morgan fingerprint density at radius 1 is 1.20 bits per heavy atom. The minimum absolute atomic E-state index is 0.0166. The Bertz CT molecular complexity index is 614. The van der Waals surface area contributed by atoms with E-state index in [-0.39, 0.29) is 5.91 Å². The third-order valence-corrected chi connectivity index (χ3v) is 3.79. The number of rotatable bonds is 3. The number of nitrogens with zero attached hydrogens (tertiary/aromatic N) is 3. The van der Waals surface area contributed by atoms with E-state index in [9.17, 15) is 4.79 Å². The second-order valence-corrected chi connectivity index (χ2v) is 6.35. The molecule has 20 heavy (non-hydrogen) atoms. The lowest BCUT2D eigenvalue weighted by molar-refractivity contribution is -0.137. The van der Waals surface area contributed by atoms with E-state index in [1.165, 1.54) is 0 Å². The number of amides is 1. The molecule has 0 radical (unpaired) electrons. The maximum Gasteiger partial charge on any atom is 0.249 e. The van der Waals surface area contributed by atoms with Crippen molar-refractivity contribution >= 4 is 21.8 Å². The Balaban J connectivity index is 2.33. The van der Waals surface area contributed by atoms with Gasteiger partial charge in [-0.05, 0) is 31.5 Å². The second kappa shape index (κ2) is 5.40. The van der Waals surface area contributed by atoms with E-state index >= 15 is 0 Å². The molecule has 0 N–H and O–H groups in total. The third-order valence-electron chi connectivity index (χ3n) is 3.26. The standard InChI is InChI=1S/C15H18BrN3O/c1-15(2,14(20)18(3)4)19-10-12(9-17-19)11-5-7-13(16)8-6-11/h5-10H,1-4H3. The summed E-state index contributed by atoms with van der Waals surface area (Å²) in [4.78, 5) is 13.8. The van der Waals surface area contributed by atoms with E-state index < -0.39 is 5.54 Å². The highest BCUT2D eigenvalue weighted by atomic mass is 79.9. The summed E-state index contributed by atoms with van der Waals surface area (Å²) in [5, 5.41) is 4.35. The molecule has 1 aromatic heterocycles. The van der Waals surface area contributed by atoms with E-state index in [0.717, 1.165) is 15.6 Å². The highest BCUT2D eigenvalue weighted by molar-refractivity contribution is 9.10. The van der Waals surface area contributed by atoms with Gasteiger partial charge in [-0.15, -0.1) is 0 Å². The normalized spacial score (nSPS) is 11.4. The van der Waals surface area contributed by atoms with Crippen molar-refractivity contribution in [2.45, 2.75) is 19.4 Å². The zero-order valence-electron chi connectivity index (χ0n) is 12.1. The number of aromatic nitrogens is 2. The van der Waals surface area contributed by atoms with Crippen LogP contribution in [0.15, 0.2) is 41.1 Å². The molecule has 2 rings (SSSR count). The third kappa shape index (κ3) is 2.77. The predicted octanol–water partition coefficient (Wildman–Crippen LogP) is 3.14. The number of hydrogen-bond donors (Lipinski definition) is 0. The quantitative estimate of drug-likeness (QED) is 0.864. The Labute approximate surface area is 127 Å². The maximum absolute atomic E-state index is 12.2. The molecule has 0 spiro atoms. The summed E-state index contributed by atoms with van der Waals surface area (Å²) in [5.74, 6) is 0.0166. The summed E-state index contributed by atoms with van der Waals surface area (Å²) in [6.45, 7) is 3.74. The van der Waals surface area contributed by atoms with Crippen LogP contribution in [0.1, 0.15) is 13.8 Å². The van der Waals surface area contributed by atoms with E-state index in [1.54, 1.807) is 29.9 Å². The molecule has 0 unspecified atom stereocenters. The molecule has 5 heteroatoms. The average molecular weight is 336 g/mol. The second-order valence-electron chi connectivity index (χ2n) is 5.44. The number of carbonyl (C=O) groups is 1. The number of carbonyl (C=O) groups excluding carboxylic acids is 1. The van der Waals surface area contributed by atoms with Gasteiger partial charge in [0.1, 0.15) is 5.54 Å². The molecule has 0 fully saturated rings. The monoisotopic (exact) mass is 335 g/mol. The lowest BCUT2D eigenvalue weighted by Crippen LogP contribution is -2.44. The number of benzene rings is 1. The zero-order chi connectivity index (χ0) is 14.9. The fourth-order valence-corrected chi connectivity index (χ4v) is 2.33. The van der Waals surface area contributed by atoms with Gasteiger partial charge in [0.05, 0.1) is 6.20 Å². The first-order valence-corrected chi connectivity index (χ1v) is 7.14. The van der Waals surface area contributed by atoms with Crippen LogP contribution in [0.2, 0.25) is 0 Å². The molecular formula is C15H18BrN3O. The smallest absolute Gasteiger partial charge is 0.249 e. The fourth-order valence-electron chi connectivity index (χ4n) is 2.07. The van der Waals surface area contributed by atoms with Crippen molar-refractivity contribution in [1.82, 2.24) is 14.7 Å². The molecule has 0 aliphatic carbocycles. The van der Waals surface area contributed by atoms with Gasteiger partial charge >= 0.3 is 0 Å². The molecule has 1 heterocycles. The Hall–Kier alpha value is -1.62. The molecule has 106 valence electrons. The Kier molecular flexibility index (Phi) is 3.99. The van der Waals surface area contributed by atoms with Crippen molar-refractivity contribution in [3.8, 4) is 11.1 Å². The predicted molar refractivity (Wildman–Crippen MR) is 83.4 cm³/mol. The van der Waals surface area contributed by atoms with Crippen LogP contribution in [0.3, 0.4) is 0 Å². The van der Waals surface area contributed by atoms with Gasteiger partial charge in [0, 0.05) is 30.3 Å². The van der Waals surface area contributed by atoms with Crippen LogP contribution in [0.25, 0.3) is 11.1 Å². The SMILES string of the molecule is CN(C)C(=O)C(C)(C)n1cc(-c2ccc(Br)cc2)cn1. The summed E-state index contributed by atoms with van der Waals surface area (Å²) >= 11 is 3.42. The van der Waals surface area contributed by atoms with Gasteiger partial charge in [-0.2, -0.15) is 5.10 Å². The van der Waals surface area contributed by atoms with Gasteiger partial charge in [-0.1, -0.05) is 28.1 Å². The van der Waals surface area contributed by atoms with Crippen molar-refractivity contribution in [1.29, 1.82) is 0 Å². The van der Waals surface area contributed by atoms with Gasteiger partial charge < -0.3 is 4.90 Å². The molecule has 1 amide bonds. The van der Waals surface area contributed by atoms with Crippen LogP contribution in [-0.4, -0.2) is 34.7 Å². The summed E-state index contributed by atoms with van der Waals surface area (Å²) in [5.41, 5.74) is 1.38. The first kappa shape index (κ1) is 14.8. The zero-order valence-corrected chi connectivity index (χ0v) is 13.7. The highest BCUT2D eigenvalue weighted by Gasteiger charge is 2.32. The van der Waals surface area contributed by atoms with E-state index in [2.05, 4.69) is 21.0 Å². The lowest BCUT2D eigenvalue weighted by atomic mass is 10.0. The number of hydrogen-bond acceptors (Lipinski definition) is 2. The van der Waals surface area contributed by atoms with Crippen LogP contribution in [0.4, 0.5) is 0 Å². The topological polar surface area (TPSA) is 38.1 Å². The Morgan fingerprint density at radius 3 is 2.35 bits per heavy atom. The van der Waals surface area contributed by atoms with Crippen LogP contribution in [0, 0.1) is 0 Å². The summed E-state index contributed by atoms with van der Waals surface area (Å²) in [6, 6.07) is 8.02. The van der Waals surface area contributed by atoms with Crippen LogP contribution < -0.4 is 0 Å². The highest BCUT2D eigenvalue weighted by Crippen LogP contribution is 2.24. The minimum atomic E-state index is -0.697. The van der Waals surface area contributed by atoms with Gasteiger partial charge in [-0.3, -0.25) is 9.48 Å². The summed E-state index contributed by atoms with van der Waals surface area (Å²) in [7, 11) is 3.51. The average Bonchev–Trinajstić information content (AvgIpc) is 2.88. The molecule has 0 atom stereocenters. The fraction of sp³-hybridized carbons (Fsp3) is 0.333. The van der Waals surface area contributed by atoms with E-state index in [0.29, 0.717) is 0 Å². The Morgan fingerprint density at radius 2 is 1.80 bits per heavy atom. The van der Waals surface area contributed by atoms with Gasteiger partial charge in [0.25, 0.3) is 0 Å². The molecule has 2 aromatic rings. The van der Waals surface area contributed by atoms with Crippen LogP contribution in [-0.2, 0) is 10.3 Å². The molecule has 0 saturated heterocycles. The van der Waals surface area contributed by atoms with Crippen LogP contribution in [0.5, 0.6) is 0 Å². The lowest BCUT2D eigenvalue weighted by Gasteiger charge is -2.27. The molecule has 1 aromatic carbocycles. The minimum Gasteiger partial charge on any atom is -0.347 e. The van der Waals surface area contributed by atoms with E-state index in [1.807, 2.05) is 44.3 Å². The number of halogens is 1. The molecule has 4 nitrogen and oxygen atoms in total. The maximum atomic E-state index is 12.2. The molecular weight excluding hydrogens is 318 g/mol. The molecule has 0 bridgehead atoms. The van der Waals surface area contributed by atoms with Crippen molar-refractivity contribution in [3.05, 3.63) is 41.1 Å². The summed E-state index contributed by atoms with van der Waals surface area (Å²) < 4.78 is 2.75. The molecule has 0 aliphatic heterocycles. The van der Waals surface area contributed by atoms with Crippen molar-refractivity contribution < 1.29 is 4.79 Å². The number of likely N-dealkylation sites (N-methyl/N-ethyl adjacent to an activating group) is 1. The molecule has 0 aliphatic rings. The first-order chi connectivity index (χ1) is 9.32. The summed E-state index contributed by atoms with van der Waals surface area (Å²) in [6.07, 6.45) is 3.69. The molecule has 0 saturated carbocycles. The van der Waals surface area contributed by atoms with Gasteiger partial charge in [0.15, 0.2) is 0 Å². The van der Waals surface area contributed by atoms with Crippen LogP contribution >= 0.6 is 15.9 Å². The largest absolute Gasteiger partial charge is 0.347 e.